The first-order valence-corrected chi connectivity index (χ1v) is 9.45. The van der Waals surface area contributed by atoms with Crippen molar-refractivity contribution in [2.24, 2.45) is 0 Å². The molecule has 2 atom stereocenters. The number of carbonyl (C=O) groups excluding carboxylic acids is 2. The summed E-state index contributed by atoms with van der Waals surface area (Å²) in [6.45, 7) is 1.52. The van der Waals surface area contributed by atoms with E-state index in [4.69, 9.17) is 4.55 Å². The number of hydrogen-bond acceptors (Lipinski definition) is 7. The largest absolute Gasteiger partial charge is 0.418 e. The van der Waals surface area contributed by atoms with Crippen molar-refractivity contribution < 1.29 is 26.8 Å². The Morgan fingerprint density at radius 3 is 2.92 bits per heavy atom. The summed E-state index contributed by atoms with van der Waals surface area (Å²) in [4.78, 5) is 30.6. The van der Waals surface area contributed by atoms with Gasteiger partial charge in [0.1, 0.15) is 11.9 Å². The molecule has 2 saturated heterocycles. The number of rotatable bonds is 4. The molecule has 1 aromatic rings. The number of piperidine rings is 1. The van der Waals surface area contributed by atoms with Crippen LogP contribution in [0.1, 0.15) is 24.1 Å². The number of anilines is 1. The van der Waals surface area contributed by atoms with Crippen molar-refractivity contribution >= 4 is 28.2 Å². The van der Waals surface area contributed by atoms with Gasteiger partial charge < -0.3 is 15.5 Å². The zero-order valence-electron chi connectivity index (χ0n) is 13.6. The molecule has 3 aliphatic rings. The van der Waals surface area contributed by atoms with Crippen molar-refractivity contribution in [2.45, 2.75) is 38.0 Å². The summed E-state index contributed by atoms with van der Waals surface area (Å²) in [5.41, 5.74) is 1.95. The van der Waals surface area contributed by atoms with Crippen LogP contribution in [0.5, 0.6) is 0 Å². The van der Waals surface area contributed by atoms with E-state index < -0.39 is 34.4 Å². The Morgan fingerprint density at radius 2 is 2.15 bits per heavy atom. The normalized spacial score (nSPS) is 24.7. The molecule has 0 saturated carbocycles. The quantitative estimate of drug-likeness (QED) is 0.598. The Kier molecular flexibility index (Phi) is 4.06. The highest BCUT2D eigenvalue weighted by Crippen LogP contribution is 2.31. The molecular weight excluding hydrogens is 366 g/mol. The molecule has 2 bridgehead atoms. The molecule has 0 aliphatic carbocycles. The van der Waals surface area contributed by atoms with Gasteiger partial charge in [-0.3, -0.25) is 9.35 Å². The second-order valence-corrected chi connectivity index (χ2v) is 7.41. The SMILES string of the molecule is O=C(Nc1ccc2c(n1)CNC2)[C@@H]1CC[C@@H]2CN1C(=O)N2OS(=O)(=O)O. The first kappa shape index (κ1) is 17.1. The van der Waals surface area contributed by atoms with Gasteiger partial charge in [0.05, 0.1) is 11.7 Å². The monoisotopic (exact) mass is 383 g/mol. The molecule has 1 aromatic heterocycles. The maximum atomic E-state index is 12.6. The molecule has 4 rings (SSSR count). The number of hydroxylamine groups is 2. The smallest absolute Gasteiger partial charge is 0.309 e. The van der Waals surface area contributed by atoms with E-state index in [2.05, 4.69) is 19.9 Å². The minimum absolute atomic E-state index is 0.147. The van der Waals surface area contributed by atoms with Gasteiger partial charge in [0.25, 0.3) is 0 Å². The van der Waals surface area contributed by atoms with E-state index in [0.29, 0.717) is 30.3 Å². The van der Waals surface area contributed by atoms with Crippen LogP contribution in [-0.4, -0.2) is 58.5 Å². The zero-order chi connectivity index (χ0) is 18.5. The lowest BCUT2D eigenvalue weighted by Crippen LogP contribution is -2.47. The third-order valence-corrected chi connectivity index (χ3v) is 5.08. The first-order valence-electron chi connectivity index (χ1n) is 8.09. The van der Waals surface area contributed by atoms with Gasteiger partial charge in [-0.1, -0.05) is 6.07 Å². The van der Waals surface area contributed by atoms with Crippen molar-refractivity contribution in [1.82, 2.24) is 20.3 Å². The molecule has 0 radical (unpaired) electrons. The molecule has 3 amide bonds. The highest BCUT2D eigenvalue weighted by atomic mass is 32.3. The van der Waals surface area contributed by atoms with Gasteiger partial charge in [0.2, 0.25) is 5.91 Å². The molecule has 0 spiro atoms. The lowest BCUT2D eigenvalue weighted by Gasteiger charge is -2.29. The molecule has 26 heavy (non-hydrogen) atoms. The van der Waals surface area contributed by atoms with Gasteiger partial charge in [-0.15, -0.1) is 4.28 Å². The molecule has 11 nitrogen and oxygen atoms in total. The average molecular weight is 383 g/mol. The standard InChI is InChI=1S/C14H17N5O6S/c20-13(17-12-4-1-8-5-15-6-10(8)16-12)11-3-2-9-7-18(11)14(21)19(9)25-26(22,23)24/h1,4,9,11,15H,2-3,5-7H2,(H,16,17,20)(H,22,23,24)/t9-,11+/m1/s1. The fourth-order valence-electron chi connectivity index (χ4n) is 3.54. The Bertz CT molecular complexity index is 875. The molecular formula is C14H17N5O6S. The van der Waals surface area contributed by atoms with E-state index in [0.717, 1.165) is 17.8 Å². The summed E-state index contributed by atoms with van der Waals surface area (Å²) in [5, 5.41) is 6.49. The number of hydrogen-bond donors (Lipinski definition) is 3. The molecule has 12 heteroatoms. The number of nitrogens with zero attached hydrogens (tertiary/aromatic N) is 3. The van der Waals surface area contributed by atoms with E-state index >= 15 is 0 Å². The summed E-state index contributed by atoms with van der Waals surface area (Å²) in [7, 11) is -4.81. The molecule has 2 fully saturated rings. The van der Waals surface area contributed by atoms with Crippen molar-refractivity contribution in [1.29, 1.82) is 0 Å². The van der Waals surface area contributed by atoms with Crippen LogP contribution in [-0.2, 0) is 32.6 Å². The fourth-order valence-corrected chi connectivity index (χ4v) is 3.93. The number of pyridine rings is 1. The van der Waals surface area contributed by atoms with Crippen molar-refractivity contribution in [3.8, 4) is 0 Å². The predicted molar refractivity (Wildman–Crippen MR) is 86.8 cm³/mol. The average Bonchev–Trinajstić information content (AvgIpc) is 3.13. The molecule has 3 N–H and O–H groups in total. The number of carbonyl (C=O) groups is 2. The highest BCUT2D eigenvalue weighted by Gasteiger charge is 2.49. The number of urea groups is 1. The zero-order valence-corrected chi connectivity index (χ0v) is 14.4. The Labute approximate surface area is 149 Å². The van der Waals surface area contributed by atoms with Gasteiger partial charge in [-0.2, -0.15) is 13.5 Å². The summed E-state index contributed by atoms with van der Waals surface area (Å²) >= 11 is 0. The van der Waals surface area contributed by atoms with Crippen LogP contribution in [0, 0.1) is 0 Å². The highest BCUT2D eigenvalue weighted by molar-refractivity contribution is 7.80. The molecule has 140 valence electrons. The fraction of sp³-hybridized carbons (Fsp3) is 0.500. The summed E-state index contributed by atoms with van der Waals surface area (Å²) in [6.07, 6.45) is 0.720. The maximum Gasteiger partial charge on any atom is 0.418 e. The number of aromatic nitrogens is 1. The van der Waals surface area contributed by atoms with E-state index in [1.54, 1.807) is 6.07 Å². The van der Waals surface area contributed by atoms with Crippen molar-refractivity contribution in [3.05, 3.63) is 23.4 Å². The molecule has 0 aromatic carbocycles. The number of fused-ring (bicyclic) bond motifs is 3. The minimum Gasteiger partial charge on any atom is -0.309 e. The lowest BCUT2D eigenvalue weighted by molar-refractivity contribution is -0.120. The van der Waals surface area contributed by atoms with Crippen LogP contribution >= 0.6 is 0 Å². The van der Waals surface area contributed by atoms with E-state index in [9.17, 15) is 18.0 Å². The van der Waals surface area contributed by atoms with Gasteiger partial charge >= 0.3 is 16.4 Å². The second kappa shape index (κ2) is 6.16. The van der Waals surface area contributed by atoms with Crippen LogP contribution < -0.4 is 10.6 Å². The van der Waals surface area contributed by atoms with E-state index in [1.807, 2.05) is 6.07 Å². The lowest BCUT2D eigenvalue weighted by atomic mass is 10.0. The third kappa shape index (κ3) is 3.11. The Hall–Kier alpha value is -2.28. The van der Waals surface area contributed by atoms with Gasteiger partial charge in [0.15, 0.2) is 0 Å². The van der Waals surface area contributed by atoms with Crippen LogP contribution in [0.15, 0.2) is 12.1 Å². The number of amides is 3. The Morgan fingerprint density at radius 1 is 1.35 bits per heavy atom. The van der Waals surface area contributed by atoms with Crippen molar-refractivity contribution in [2.75, 3.05) is 11.9 Å². The van der Waals surface area contributed by atoms with Gasteiger partial charge in [-0.05, 0) is 24.5 Å². The van der Waals surface area contributed by atoms with Crippen molar-refractivity contribution in [3.63, 3.8) is 0 Å². The van der Waals surface area contributed by atoms with Gasteiger partial charge in [0, 0.05) is 19.6 Å². The molecule has 0 unspecified atom stereocenters. The topological polar surface area (TPSA) is 141 Å². The van der Waals surface area contributed by atoms with E-state index in [1.165, 1.54) is 4.90 Å². The van der Waals surface area contributed by atoms with Crippen LogP contribution in [0.4, 0.5) is 10.6 Å². The second-order valence-electron chi connectivity index (χ2n) is 6.41. The van der Waals surface area contributed by atoms with Crippen LogP contribution in [0.25, 0.3) is 0 Å². The summed E-state index contributed by atoms with van der Waals surface area (Å²) < 4.78 is 34.9. The van der Waals surface area contributed by atoms with Gasteiger partial charge in [-0.25, -0.2) is 9.78 Å². The minimum atomic E-state index is -4.81. The predicted octanol–water partition coefficient (Wildman–Crippen LogP) is -0.374. The molecule has 3 aliphatic heterocycles. The first-order chi connectivity index (χ1) is 12.3. The van der Waals surface area contributed by atoms with Crippen LogP contribution in [0.3, 0.4) is 0 Å². The Balaban J connectivity index is 1.47. The number of nitrogens with one attached hydrogen (secondary N) is 2. The van der Waals surface area contributed by atoms with E-state index in [-0.39, 0.29) is 6.54 Å². The summed E-state index contributed by atoms with van der Waals surface area (Å²) in [5.74, 6) is 0.00109. The molecule has 4 heterocycles. The maximum absolute atomic E-state index is 12.6. The van der Waals surface area contributed by atoms with Crippen LogP contribution in [0.2, 0.25) is 0 Å². The third-order valence-electron chi connectivity index (χ3n) is 4.73. The summed E-state index contributed by atoms with van der Waals surface area (Å²) in [6, 6.07) is 1.53.